The maximum Gasteiger partial charge on any atom is 0.323 e. The monoisotopic (exact) mass is 815 g/mol. The fourth-order valence-electron chi connectivity index (χ4n) is 7.69. The molecule has 318 valence electrons. The number of epoxide rings is 1. The first-order valence-electron chi connectivity index (χ1n) is 20.4. The summed E-state index contributed by atoms with van der Waals surface area (Å²) in [5.41, 5.74) is -0.904. The highest BCUT2D eigenvalue weighted by Gasteiger charge is 2.47. The predicted molar refractivity (Wildman–Crippen MR) is 219 cm³/mol. The summed E-state index contributed by atoms with van der Waals surface area (Å²) in [6.07, 6.45) is 7.61. The van der Waals surface area contributed by atoms with Gasteiger partial charge in [0.2, 0.25) is 0 Å². The number of allylic oxidation sites excluding steroid dienone is 3. The van der Waals surface area contributed by atoms with Crippen molar-refractivity contribution < 1.29 is 52.9 Å². The number of hydrogen-bond acceptors (Lipinski definition) is 11. The van der Waals surface area contributed by atoms with E-state index in [9.17, 15) is 34.7 Å². The average Bonchev–Trinajstić information content (AvgIpc) is 3.93. The molecule has 0 aliphatic carbocycles. The molecule has 3 rings (SSSR count). The first-order chi connectivity index (χ1) is 26.8. The number of ether oxygens (including phenoxy) is 4. The molecular weight excluding hydrogens is 751 g/mol. The molecule has 0 amide bonds. The van der Waals surface area contributed by atoms with E-state index < -0.39 is 66.9 Å². The molecule has 57 heavy (non-hydrogen) atoms. The van der Waals surface area contributed by atoms with E-state index in [-0.39, 0.29) is 48.7 Å². The molecule has 13 nitrogen and oxygen atoms in total. The number of nitro benzene ring substituents is 1. The number of carbonyl (C=O) groups excluding carboxylic acids is 2. The minimum atomic E-state index is -2.44. The van der Waals surface area contributed by atoms with Crippen molar-refractivity contribution in [2.45, 2.75) is 155 Å². The van der Waals surface area contributed by atoms with E-state index in [0.29, 0.717) is 11.3 Å². The minimum absolute atomic E-state index is 0.00787. The van der Waals surface area contributed by atoms with Crippen LogP contribution in [0.15, 0.2) is 60.2 Å². The minimum Gasteiger partial charge on any atom is -0.490 e. The van der Waals surface area contributed by atoms with E-state index in [1.807, 2.05) is 59.8 Å². The van der Waals surface area contributed by atoms with E-state index in [0.717, 1.165) is 31.0 Å². The van der Waals surface area contributed by atoms with Gasteiger partial charge in [-0.1, -0.05) is 72.8 Å². The van der Waals surface area contributed by atoms with Crippen molar-refractivity contribution >= 4 is 31.9 Å². The number of non-ortho nitro benzene ring substituents is 1. The van der Waals surface area contributed by atoms with Gasteiger partial charge in [-0.25, -0.2) is 0 Å². The summed E-state index contributed by atoms with van der Waals surface area (Å²) in [6.45, 7) is 18.7. The second-order valence-corrected chi connectivity index (χ2v) is 20.8. The highest BCUT2D eigenvalue weighted by atomic mass is 28.4. The average molecular weight is 816 g/mol. The van der Waals surface area contributed by atoms with Crippen LogP contribution < -0.4 is 4.74 Å². The van der Waals surface area contributed by atoms with Gasteiger partial charge < -0.3 is 33.6 Å². The Labute approximate surface area is 339 Å². The third kappa shape index (κ3) is 13.3. The summed E-state index contributed by atoms with van der Waals surface area (Å²) in [6, 6.07) is 8.26. The zero-order valence-corrected chi connectivity index (χ0v) is 36.3. The molecular formula is C43H65NO12Si. The van der Waals surface area contributed by atoms with Crippen molar-refractivity contribution in [1.29, 1.82) is 0 Å². The molecule has 11 atom stereocenters. The van der Waals surface area contributed by atoms with Crippen LogP contribution in [-0.4, -0.2) is 83.6 Å². The molecule has 2 heterocycles. The second-order valence-electron chi connectivity index (χ2n) is 16.1. The number of carboxylic acid groups (broad SMARTS) is 1. The van der Waals surface area contributed by atoms with Gasteiger partial charge in [0.25, 0.3) is 5.69 Å². The number of cyclic esters (lactones) is 1. The number of nitro groups is 1. The lowest BCUT2D eigenvalue weighted by atomic mass is 9.86. The van der Waals surface area contributed by atoms with Crippen molar-refractivity contribution in [3.63, 3.8) is 0 Å². The molecule has 2 aliphatic rings. The number of carboxylic acids is 1. The van der Waals surface area contributed by atoms with Gasteiger partial charge in [-0.15, -0.1) is 0 Å². The van der Waals surface area contributed by atoms with Gasteiger partial charge in [0, 0.05) is 30.9 Å². The number of carbonyl (C=O) groups is 3. The van der Waals surface area contributed by atoms with Crippen LogP contribution in [0.1, 0.15) is 94.9 Å². The van der Waals surface area contributed by atoms with Gasteiger partial charge in [-0.05, 0) is 87.4 Å². The molecule has 1 saturated heterocycles. The Morgan fingerprint density at radius 3 is 2.26 bits per heavy atom. The van der Waals surface area contributed by atoms with Crippen LogP contribution in [0.3, 0.4) is 0 Å². The fourth-order valence-corrected chi connectivity index (χ4v) is 10.6. The van der Waals surface area contributed by atoms with Crippen LogP contribution in [0.25, 0.3) is 0 Å². The molecule has 2 N–H and O–H groups in total. The van der Waals surface area contributed by atoms with Gasteiger partial charge >= 0.3 is 17.9 Å². The van der Waals surface area contributed by atoms with Crippen LogP contribution in [0.4, 0.5) is 5.69 Å². The molecule has 14 heteroatoms. The Balaban J connectivity index is 1.81. The number of aliphatic carboxylic acids is 1. The zero-order valence-electron chi connectivity index (χ0n) is 35.3. The first kappa shape index (κ1) is 47.5. The van der Waals surface area contributed by atoms with Crippen molar-refractivity contribution in [2.75, 3.05) is 0 Å². The summed E-state index contributed by atoms with van der Waals surface area (Å²) >= 11 is 0. The van der Waals surface area contributed by atoms with Crippen molar-refractivity contribution in [2.24, 2.45) is 23.7 Å². The summed E-state index contributed by atoms with van der Waals surface area (Å²) in [7, 11) is -2.44. The molecule has 0 saturated carbocycles. The Hall–Kier alpha value is -3.85. The largest absolute Gasteiger partial charge is 0.490 e. The number of rotatable bonds is 18. The van der Waals surface area contributed by atoms with E-state index >= 15 is 0 Å². The maximum absolute atomic E-state index is 14.0. The van der Waals surface area contributed by atoms with Crippen LogP contribution in [0.2, 0.25) is 18.1 Å². The zero-order chi connectivity index (χ0) is 42.7. The normalized spacial score (nSPS) is 29.6. The Kier molecular flexibility index (Phi) is 17.7. The van der Waals surface area contributed by atoms with Gasteiger partial charge in [0.15, 0.2) is 14.2 Å². The molecule has 0 spiro atoms. The molecule has 1 fully saturated rings. The highest BCUT2D eigenvalue weighted by molar-refractivity contribution is 6.73. The first-order valence-corrected chi connectivity index (χ1v) is 22.9. The number of hydrogen-bond donors (Lipinski definition) is 2. The van der Waals surface area contributed by atoms with Crippen molar-refractivity contribution in [3.8, 4) is 5.75 Å². The van der Waals surface area contributed by atoms with Crippen molar-refractivity contribution in [3.05, 3.63) is 70.3 Å². The number of benzene rings is 1. The molecule has 0 bridgehead atoms. The van der Waals surface area contributed by atoms with Gasteiger partial charge in [-0.3, -0.25) is 24.5 Å². The Morgan fingerprint density at radius 2 is 1.72 bits per heavy atom. The number of esters is 2. The van der Waals surface area contributed by atoms with E-state index in [1.54, 1.807) is 31.2 Å². The van der Waals surface area contributed by atoms with Crippen LogP contribution in [0, 0.1) is 33.8 Å². The maximum atomic E-state index is 14.0. The van der Waals surface area contributed by atoms with E-state index in [4.69, 9.17) is 23.4 Å². The third-order valence-electron chi connectivity index (χ3n) is 11.7. The quantitative estimate of drug-likeness (QED) is 0.0211. The molecule has 1 aromatic carbocycles. The summed E-state index contributed by atoms with van der Waals surface area (Å²) in [4.78, 5) is 49.5. The van der Waals surface area contributed by atoms with Crippen molar-refractivity contribution in [1.82, 2.24) is 0 Å². The van der Waals surface area contributed by atoms with Gasteiger partial charge in [0.1, 0.15) is 29.7 Å². The molecule has 11 unspecified atom stereocenters. The summed E-state index contributed by atoms with van der Waals surface area (Å²) in [5.74, 6) is -4.17. The third-order valence-corrected chi connectivity index (χ3v) is 16.4. The topological polar surface area (TPSA) is 184 Å². The standard InChI is InChI=1S/C43H65NO12Si/c1-11-34(53-33-21-19-32(20-22-33)44(50)51)30(8)40-36(54-40)26-27(5)16-15-17-28(6)39-29(7)18-23-37(52-31(9)45)43(10,49)25-24-35(38(41(46)47)42(48)55-39)56-57(12-2,13-3)14-4/h15-23,27,29-30,34-40,49H,11-14,24-26H2,1-10H3,(H,46,47)/b16-15+,23-18-,28-17+. The number of aliphatic hydroxyl groups is 1. The molecule has 0 aromatic heterocycles. The Morgan fingerprint density at radius 1 is 1.09 bits per heavy atom. The van der Waals surface area contributed by atoms with Crippen LogP contribution in [0.5, 0.6) is 5.75 Å². The lowest BCUT2D eigenvalue weighted by Gasteiger charge is -2.38. The molecule has 1 aromatic rings. The predicted octanol–water partition coefficient (Wildman–Crippen LogP) is 8.36. The van der Waals surface area contributed by atoms with Crippen LogP contribution in [-0.2, 0) is 33.0 Å². The van der Waals surface area contributed by atoms with Crippen LogP contribution >= 0.6 is 0 Å². The molecule has 0 radical (unpaired) electrons. The lowest BCUT2D eigenvalue weighted by Crippen LogP contribution is -2.49. The molecule has 2 aliphatic heterocycles. The van der Waals surface area contributed by atoms with E-state index in [1.165, 1.54) is 19.1 Å². The Bertz CT molecular complexity index is 1590. The van der Waals surface area contributed by atoms with Gasteiger partial charge in [0.05, 0.1) is 23.2 Å². The lowest BCUT2D eigenvalue weighted by molar-refractivity contribution is -0.384. The van der Waals surface area contributed by atoms with E-state index in [2.05, 4.69) is 13.8 Å². The highest BCUT2D eigenvalue weighted by Crippen LogP contribution is 2.38. The fraction of sp³-hybridized carbons (Fsp3) is 0.651. The smallest absolute Gasteiger partial charge is 0.323 e. The summed E-state index contributed by atoms with van der Waals surface area (Å²) in [5, 5.41) is 33.1. The summed E-state index contributed by atoms with van der Waals surface area (Å²) < 4.78 is 30.6. The van der Waals surface area contributed by atoms with Gasteiger partial charge in [-0.2, -0.15) is 0 Å². The number of nitrogens with zero attached hydrogens (tertiary/aromatic N) is 1. The SMILES string of the molecule is CCC(Oc1ccc([N+](=O)[O-])cc1)C(C)C1OC1CC(C)/C=C/C=C(\C)C1OC(=O)C(C(=O)O)C(O[Si](CC)(CC)CC)CCC(C)(O)C(OC(C)=O)/C=C\C1C. The second kappa shape index (κ2) is 21.2.